The summed E-state index contributed by atoms with van der Waals surface area (Å²) in [5, 5.41) is 0. The summed E-state index contributed by atoms with van der Waals surface area (Å²) in [5.74, 6) is -2.54. The SMILES string of the molecule is C=CCOOC(=O)C(C)C1C(=O)N2C(C(=O)OCC=C)=C(COc3cc(CCC)ccc3I)C(C)C12. The fourth-order valence-corrected chi connectivity index (χ4v) is 5.16. The van der Waals surface area contributed by atoms with Crippen LogP contribution in [0, 0.1) is 21.3 Å². The van der Waals surface area contributed by atoms with E-state index in [9.17, 15) is 14.4 Å². The van der Waals surface area contributed by atoms with Crippen molar-refractivity contribution in [3.05, 3.63) is 63.9 Å². The van der Waals surface area contributed by atoms with Crippen LogP contribution in [0.1, 0.15) is 32.8 Å². The number of β-lactam (4-membered cyclic amide) rings is 1. The number of carbonyl (C=O) groups is 3. The molecule has 9 heteroatoms. The lowest BCUT2D eigenvalue weighted by Gasteiger charge is -2.47. The van der Waals surface area contributed by atoms with Gasteiger partial charge in [0.2, 0.25) is 5.91 Å². The molecule has 36 heavy (non-hydrogen) atoms. The number of amides is 1. The monoisotopic (exact) mass is 609 g/mol. The Bertz CT molecular complexity index is 1070. The minimum atomic E-state index is -0.761. The van der Waals surface area contributed by atoms with Gasteiger partial charge in [-0.15, -0.1) is 6.58 Å². The van der Waals surface area contributed by atoms with Gasteiger partial charge in [-0.1, -0.05) is 52.0 Å². The first-order valence-electron chi connectivity index (χ1n) is 12.0. The Hall–Kier alpha value is -2.66. The van der Waals surface area contributed by atoms with Crippen molar-refractivity contribution >= 4 is 40.4 Å². The molecule has 0 spiro atoms. The van der Waals surface area contributed by atoms with Crippen molar-refractivity contribution in [3.63, 3.8) is 0 Å². The lowest BCUT2D eigenvalue weighted by molar-refractivity contribution is -0.271. The predicted octanol–water partition coefficient (Wildman–Crippen LogP) is 4.38. The van der Waals surface area contributed by atoms with Gasteiger partial charge in [0.25, 0.3) is 0 Å². The summed E-state index contributed by atoms with van der Waals surface area (Å²) < 4.78 is 12.4. The van der Waals surface area contributed by atoms with Gasteiger partial charge < -0.3 is 14.4 Å². The normalized spacial score (nSPS) is 21.4. The quantitative estimate of drug-likeness (QED) is 0.0624. The number of rotatable bonds is 13. The molecule has 1 aromatic carbocycles. The van der Waals surface area contributed by atoms with E-state index in [1.165, 1.54) is 17.1 Å². The van der Waals surface area contributed by atoms with E-state index >= 15 is 0 Å². The van der Waals surface area contributed by atoms with Gasteiger partial charge in [-0.05, 0) is 46.7 Å². The van der Waals surface area contributed by atoms with Gasteiger partial charge in [0.05, 0.1) is 21.4 Å². The highest BCUT2D eigenvalue weighted by Gasteiger charge is 2.61. The van der Waals surface area contributed by atoms with Crippen molar-refractivity contribution in [2.45, 2.75) is 39.7 Å². The first-order valence-corrected chi connectivity index (χ1v) is 13.0. The van der Waals surface area contributed by atoms with Crippen molar-refractivity contribution in [2.24, 2.45) is 17.8 Å². The summed E-state index contributed by atoms with van der Waals surface area (Å²) in [7, 11) is 0. The second-order valence-electron chi connectivity index (χ2n) is 8.84. The zero-order chi connectivity index (χ0) is 26.4. The van der Waals surface area contributed by atoms with Crippen LogP contribution < -0.4 is 4.74 Å². The van der Waals surface area contributed by atoms with Crippen molar-refractivity contribution in [3.8, 4) is 5.75 Å². The number of hydrogen-bond donors (Lipinski definition) is 0. The van der Waals surface area contributed by atoms with E-state index in [1.807, 2.05) is 19.1 Å². The number of ether oxygens (including phenoxy) is 2. The van der Waals surface area contributed by atoms with Crippen LogP contribution >= 0.6 is 22.6 Å². The highest BCUT2D eigenvalue weighted by atomic mass is 127. The molecular weight excluding hydrogens is 577 g/mol. The Morgan fingerprint density at radius 3 is 2.61 bits per heavy atom. The number of aryl methyl sites for hydroxylation is 1. The topological polar surface area (TPSA) is 91.4 Å². The van der Waals surface area contributed by atoms with Crippen LogP contribution in [0.4, 0.5) is 0 Å². The minimum absolute atomic E-state index is 0.0152. The number of esters is 1. The van der Waals surface area contributed by atoms with Gasteiger partial charge in [-0.3, -0.25) is 9.68 Å². The highest BCUT2D eigenvalue weighted by Crippen LogP contribution is 2.49. The molecule has 0 bridgehead atoms. The Balaban J connectivity index is 1.85. The number of halogens is 1. The number of benzene rings is 1. The molecule has 2 aliphatic heterocycles. The summed E-state index contributed by atoms with van der Waals surface area (Å²) in [4.78, 5) is 49.7. The lowest BCUT2D eigenvalue weighted by atomic mass is 9.74. The molecule has 8 nitrogen and oxygen atoms in total. The molecule has 0 N–H and O–H groups in total. The van der Waals surface area contributed by atoms with Crippen molar-refractivity contribution < 1.29 is 33.6 Å². The van der Waals surface area contributed by atoms with Crippen molar-refractivity contribution in [1.82, 2.24) is 4.90 Å². The Morgan fingerprint density at radius 2 is 1.94 bits per heavy atom. The summed E-state index contributed by atoms with van der Waals surface area (Å²) in [6.45, 7) is 12.9. The first kappa shape index (κ1) is 27.9. The van der Waals surface area contributed by atoms with E-state index < -0.39 is 29.8 Å². The molecule has 1 fully saturated rings. The molecule has 0 aliphatic carbocycles. The van der Waals surface area contributed by atoms with E-state index in [2.05, 4.69) is 48.7 Å². The fourth-order valence-electron chi connectivity index (χ4n) is 4.67. The summed E-state index contributed by atoms with van der Waals surface area (Å²) >= 11 is 2.21. The number of hydrogen-bond acceptors (Lipinski definition) is 7. The van der Waals surface area contributed by atoms with Gasteiger partial charge in [0.15, 0.2) is 0 Å². The van der Waals surface area contributed by atoms with Crippen molar-refractivity contribution in [2.75, 3.05) is 19.8 Å². The predicted molar refractivity (Wildman–Crippen MR) is 142 cm³/mol. The van der Waals surface area contributed by atoms with Gasteiger partial charge >= 0.3 is 11.9 Å². The number of fused-ring (bicyclic) bond motifs is 1. The third-order valence-electron chi connectivity index (χ3n) is 6.48. The number of carbonyl (C=O) groups excluding carboxylic acids is 3. The van der Waals surface area contributed by atoms with Crippen LogP contribution in [-0.4, -0.2) is 48.6 Å². The highest BCUT2D eigenvalue weighted by molar-refractivity contribution is 14.1. The van der Waals surface area contributed by atoms with E-state index in [4.69, 9.17) is 19.2 Å². The Morgan fingerprint density at radius 1 is 1.22 bits per heavy atom. The van der Waals surface area contributed by atoms with E-state index in [-0.39, 0.29) is 37.3 Å². The Kier molecular flexibility index (Phi) is 9.72. The minimum Gasteiger partial charge on any atom is -0.488 e. The zero-order valence-electron chi connectivity index (χ0n) is 20.8. The zero-order valence-corrected chi connectivity index (χ0v) is 23.0. The van der Waals surface area contributed by atoms with Crippen LogP contribution in [0.5, 0.6) is 5.75 Å². The van der Waals surface area contributed by atoms with Crippen LogP contribution in [0.3, 0.4) is 0 Å². The van der Waals surface area contributed by atoms with Crippen LogP contribution in [0.25, 0.3) is 0 Å². The Labute approximate surface area is 225 Å². The van der Waals surface area contributed by atoms with Gasteiger partial charge in [-0.2, -0.15) is 4.89 Å². The molecule has 1 amide bonds. The van der Waals surface area contributed by atoms with E-state index in [0.29, 0.717) is 11.3 Å². The van der Waals surface area contributed by atoms with Crippen LogP contribution in [0.15, 0.2) is 54.8 Å². The lowest BCUT2D eigenvalue weighted by Crippen LogP contribution is -2.63. The van der Waals surface area contributed by atoms with Crippen LogP contribution in [-0.2, 0) is 35.3 Å². The van der Waals surface area contributed by atoms with Gasteiger partial charge in [0.1, 0.15) is 31.3 Å². The average Bonchev–Trinajstić information content (AvgIpc) is 3.11. The molecule has 2 aliphatic rings. The molecule has 4 unspecified atom stereocenters. The maximum absolute atomic E-state index is 13.2. The van der Waals surface area contributed by atoms with E-state index in [0.717, 1.165) is 22.0 Å². The second-order valence-corrected chi connectivity index (χ2v) is 10.0. The maximum atomic E-state index is 13.2. The molecule has 1 aromatic rings. The van der Waals surface area contributed by atoms with Crippen LogP contribution in [0.2, 0.25) is 0 Å². The molecule has 0 radical (unpaired) electrons. The first-order chi connectivity index (χ1) is 17.3. The molecule has 4 atom stereocenters. The molecule has 3 rings (SSSR count). The van der Waals surface area contributed by atoms with E-state index in [1.54, 1.807) is 6.92 Å². The third-order valence-corrected chi connectivity index (χ3v) is 7.37. The molecular formula is C27H32INO7. The van der Waals surface area contributed by atoms with Gasteiger partial charge in [-0.25, -0.2) is 9.59 Å². The summed E-state index contributed by atoms with van der Waals surface area (Å²) in [6.07, 6.45) is 4.86. The molecule has 0 aromatic heterocycles. The molecule has 2 heterocycles. The third kappa shape index (κ3) is 5.67. The fraction of sp³-hybridized carbons (Fsp3) is 0.444. The summed E-state index contributed by atoms with van der Waals surface area (Å²) in [6, 6.07) is 5.68. The smallest absolute Gasteiger partial charge is 0.355 e. The van der Waals surface area contributed by atoms with Crippen molar-refractivity contribution in [1.29, 1.82) is 0 Å². The largest absolute Gasteiger partial charge is 0.488 e. The summed E-state index contributed by atoms with van der Waals surface area (Å²) in [5.41, 5.74) is 2.00. The second kappa shape index (κ2) is 12.5. The molecule has 1 saturated heterocycles. The maximum Gasteiger partial charge on any atom is 0.355 e. The molecule has 0 saturated carbocycles. The van der Waals surface area contributed by atoms with Gasteiger partial charge in [0, 0.05) is 11.5 Å². The average molecular weight is 609 g/mol. The number of nitrogens with zero attached hydrogens (tertiary/aromatic N) is 1. The standard InChI is InChI=1S/C27H32INO7/c1-6-9-18-10-11-20(28)21(14-18)34-15-19-16(4)23-22(17(5)26(31)36-35-13-8-3)25(30)29(23)24(19)27(32)33-12-7-2/h7-8,10-11,14,16-17,22-23H,2-3,6,9,12-13,15H2,1,4-5H3. The molecule has 194 valence electrons.